The van der Waals surface area contributed by atoms with Crippen LogP contribution in [0.25, 0.3) is 0 Å². The minimum atomic E-state index is 0.260. The third-order valence-corrected chi connectivity index (χ3v) is 3.10. The molecule has 0 unspecified atom stereocenters. The van der Waals surface area contributed by atoms with Crippen LogP contribution in [0.5, 0.6) is 0 Å². The van der Waals surface area contributed by atoms with Crippen molar-refractivity contribution in [1.82, 2.24) is 10.2 Å². The molecule has 2 aromatic rings. The van der Waals surface area contributed by atoms with E-state index in [4.69, 9.17) is 10.2 Å². The van der Waals surface area contributed by atoms with Gasteiger partial charge in [-0.3, -0.25) is 0 Å². The zero-order chi connectivity index (χ0) is 12.3. The number of hydrogen-bond donors (Lipinski definition) is 1. The fourth-order valence-corrected chi connectivity index (χ4v) is 1.84. The van der Waals surface area contributed by atoms with Crippen molar-refractivity contribution >= 4 is 21.9 Å². The zero-order valence-corrected chi connectivity index (χ0v) is 11.0. The lowest BCUT2D eigenvalue weighted by molar-refractivity contribution is 0.491. The van der Waals surface area contributed by atoms with Crippen molar-refractivity contribution in [3.63, 3.8) is 0 Å². The smallest absolute Gasteiger partial charge is 0.318 e. The molecule has 0 aliphatic carbocycles. The summed E-state index contributed by atoms with van der Waals surface area (Å²) in [7, 11) is 1.90. The second-order valence-corrected chi connectivity index (χ2v) is 4.48. The first-order chi connectivity index (χ1) is 8.20. The maximum atomic E-state index is 5.42. The number of benzene rings is 1. The number of hydrogen-bond acceptors (Lipinski definition) is 5. The summed E-state index contributed by atoms with van der Waals surface area (Å²) in [6.07, 6.45) is 0. The Kier molecular flexibility index (Phi) is 3.75. The van der Waals surface area contributed by atoms with E-state index in [1.165, 1.54) is 0 Å². The molecule has 0 bridgehead atoms. The Bertz CT molecular complexity index is 500. The number of aromatic nitrogens is 2. The molecule has 0 radical (unpaired) electrons. The second kappa shape index (κ2) is 5.29. The number of halogens is 1. The lowest BCUT2D eigenvalue weighted by atomic mass is 10.2. The molecule has 5 nitrogen and oxygen atoms in total. The highest BCUT2D eigenvalue weighted by atomic mass is 79.9. The molecule has 0 aliphatic rings. The van der Waals surface area contributed by atoms with Gasteiger partial charge in [0.1, 0.15) is 0 Å². The van der Waals surface area contributed by atoms with E-state index in [2.05, 4.69) is 26.1 Å². The standard InChI is InChI=1S/C11H13BrN4O/c1-16(11-15-14-10(6-13)17-11)7-8-4-2-3-5-9(8)12/h2-5H,6-7,13H2,1H3. The minimum Gasteiger partial charge on any atom is -0.407 e. The molecule has 1 aromatic heterocycles. The molecule has 0 atom stereocenters. The molecule has 2 rings (SSSR count). The molecular weight excluding hydrogens is 284 g/mol. The first-order valence-corrected chi connectivity index (χ1v) is 5.97. The average molecular weight is 297 g/mol. The van der Waals surface area contributed by atoms with Crippen molar-refractivity contribution in [3.05, 3.63) is 40.2 Å². The lowest BCUT2D eigenvalue weighted by Gasteiger charge is -2.14. The molecule has 2 N–H and O–H groups in total. The van der Waals surface area contributed by atoms with E-state index < -0.39 is 0 Å². The molecule has 1 aromatic carbocycles. The number of rotatable bonds is 4. The Morgan fingerprint density at radius 3 is 2.76 bits per heavy atom. The van der Waals surface area contributed by atoms with Crippen LogP contribution in [0.1, 0.15) is 11.5 Å². The van der Waals surface area contributed by atoms with Crippen LogP contribution >= 0.6 is 15.9 Å². The summed E-state index contributed by atoms with van der Waals surface area (Å²) >= 11 is 3.50. The van der Waals surface area contributed by atoms with E-state index in [0.717, 1.165) is 10.0 Å². The van der Waals surface area contributed by atoms with Crippen LogP contribution in [0.4, 0.5) is 6.01 Å². The average Bonchev–Trinajstić information content (AvgIpc) is 2.81. The molecule has 0 saturated heterocycles. The summed E-state index contributed by atoms with van der Waals surface area (Å²) < 4.78 is 6.43. The molecule has 0 amide bonds. The van der Waals surface area contributed by atoms with Gasteiger partial charge in [-0.25, -0.2) is 0 Å². The largest absolute Gasteiger partial charge is 0.407 e. The van der Waals surface area contributed by atoms with Gasteiger partial charge >= 0.3 is 6.01 Å². The van der Waals surface area contributed by atoms with Crippen molar-refractivity contribution in [2.75, 3.05) is 11.9 Å². The number of anilines is 1. The fourth-order valence-electron chi connectivity index (χ4n) is 1.43. The highest BCUT2D eigenvalue weighted by Crippen LogP contribution is 2.20. The highest BCUT2D eigenvalue weighted by Gasteiger charge is 2.11. The van der Waals surface area contributed by atoms with Gasteiger partial charge in [-0.05, 0) is 11.6 Å². The quantitative estimate of drug-likeness (QED) is 0.934. The SMILES string of the molecule is CN(Cc1ccccc1Br)c1nnc(CN)o1. The van der Waals surface area contributed by atoms with Gasteiger partial charge in [0.05, 0.1) is 6.54 Å². The van der Waals surface area contributed by atoms with E-state index in [1.807, 2.05) is 36.2 Å². The van der Waals surface area contributed by atoms with Crippen LogP contribution in [-0.4, -0.2) is 17.2 Å². The lowest BCUT2D eigenvalue weighted by Crippen LogP contribution is -2.17. The molecular formula is C11H13BrN4O. The van der Waals surface area contributed by atoms with Crippen LogP contribution in [0.2, 0.25) is 0 Å². The van der Waals surface area contributed by atoms with Crippen LogP contribution in [-0.2, 0) is 13.1 Å². The summed E-state index contributed by atoms with van der Waals surface area (Å²) in [6, 6.07) is 8.49. The van der Waals surface area contributed by atoms with Crippen LogP contribution in [0.15, 0.2) is 33.2 Å². The molecule has 0 aliphatic heterocycles. The zero-order valence-electron chi connectivity index (χ0n) is 9.43. The summed E-state index contributed by atoms with van der Waals surface area (Å²) in [5.41, 5.74) is 6.57. The molecule has 6 heteroatoms. The van der Waals surface area contributed by atoms with E-state index in [0.29, 0.717) is 18.5 Å². The van der Waals surface area contributed by atoms with Gasteiger partial charge < -0.3 is 15.1 Å². The summed E-state index contributed by atoms with van der Waals surface area (Å²) in [4.78, 5) is 1.88. The van der Waals surface area contributed by atoms with Gasteiger partial charge in [-0.1, -0.05) is 39.2 Å². The number of nitrogens with two attached hydrogens (primary N) is 1. The van der Waals surface area contributed by atoms with Gasteiger partial charge in [0, 0.05) is 18.1 Å². The van der Waals surface area contributed by atoms with Crippen molar-refractivity contribution < 1.29 is 4.42 Å². The predicted molar refractivity (Wildman–Crippen MR) is 68.4 cm³/mol. The van der Waals surface area contributed by atoms with Crippen LogP contribution in [0.3, 0.4) is 0 Å². The fraction of sp³-hybridized carbons (Fsp3) is 0.273. The highest BCUT2D eigenvalue weighted by molar-refractivity contribution is 9.10. The van der Waals surface area contributed by atoms with E-state index in [9.17, 15) is 0 Å². The Balaban J connectivity index is 2.11. The summed E-state index contributed by atoms with van der Waals surface area (Å²) in [6.45, 7) is 0.948. The third kappa shape index (κ3) is 2.83. The summed E-state index contributed by atoms with van der Waals surface area (Å²) in [5, 5.41) is 7.75. The number of nitrogens with zero attached hydrogens (tertiary/aromatic N) is 3. The topological polar surface area (TPSA) is 68.2 Å². The van der Waals surface area contributed by atoms with Crippen molar-refractivity contribution in [2.45, 2.75) is 13.1 Å². The molecule has 90 valence electrons. The maximum Gasteiger partial charge on any atom is 0.318 e. The van der Waals surface area contributed by atoms with E-state index in [-0.39, 0.29) is 6.54 Å². The first kappa shape index (κ1) is 12.1. The third-order valence-electron chi connectivity index (χ3n) is 2.32. The maximum absolute atomic E-state index is 5.42. The second-order valence-electron chi connectivity index (χ2n) is 3.63. The molecule has 0 spiro atoms. The Labute approximate surface area is 108 Å². The van der Waals surface area contributed by atoms with Crippen molar-refractivity contribution in [2.24, 2.45) is 5.73 Å². The first-order valence-electron chi connectivity index (χ1n) is 5.17. The molecule has 0 saturated carbocycles. The van der Waals surface area contributed by atoms with Gasteiger partial charge in [0.2, 0.25) is 5.89 Å². The monoisotopic (exact) mass is 296 g/mol. The van der Waals surface area contributed by atoms with Crippen molar-refractivity contribution in [3.8, 4) is 0 Å². The molecule has 17 heavy (non-hydrogen) atoms. The van der Waals surface area contributed by atoms with Gasteiger partial charge in [0.25, 0.3) is 0 Å². The summed E-state index contributed by atoms with van der Waals surface area (Å²) in [5.74, 6) is 0.443. The van der Waals surface area contributed by atoms with E-state index in [1.54, 1.807) is 0 Å². The van der Waals surface area contributed by atoms with Crippen LogP contribution < -0.4 is 10.6 Å². The van der Waals surface area contributed by atoms with Gasteiger partial charge in [-0.2, -0.15) is 0 Å². The Morgan fingerprint density at radius 1 is 1.35 bits per heavy atom. The molecule has 0 fully saturated rings. The molecule has 1 heterocycles. The van der Waals surface area contributed by atoms with E-state index >= 15 is 0 Å². The minimum absolute atomic E-state index is 0.260. The Morgan fingerprint density at radius 2 is 2.12 bits per heavy atom. The normalized spacial score (nSPS) is 10.5. The van der Waals surface area contributed by atoms with Crippen molar-refractivity contribution in [1.29, 1.82) is 0 Å². The Hall–Kier alpha value is -1.40. The van der Waals surface area contributed by atoms with Gasteiger partial charge in [0.15, 0.2) is 0 Å². The van der Waals surface area contributed by atoms with Gasteiger partial charge in [-0.15, -0.1) is 5.10 Å². The van der Waals surface area contributed by atoms with Crippen LogP contribution in [0, 0.1) is 0 Å². The predicted octanol–water partition coefficient (Wildman–Crippen LogP) is 1.93.